The van der Waals surface area contributed by atoms with Gasteiger partial charge in [0.25, 0.3) is 0 Å². The molecule has 4 rings (SSSR count). The summed E-state index contributed by atoms with van der Waals surface area (Å²) in [4.78, 5) is 4.81. The van der Waals surface area contributed by atoms with Gasteiger partial charge >= 0.3 is 0 Å². The first-order chi connectivity index (χ1) is 17.0. The minimum absolute atomic E-state index is 0.205. The second-order valence-corrected chi connectivity index (χ2v) is 9.57. The topological polar surface area (TPSA) is 27.7 Å². The molecule has 1 fully saturated rings. The van der Waals surface area contributed by atoms with Gasteiger partial charge in [0.1, 0.15) is 11.6 Å². The molecule has 186 valence electrons. The third-order valence-corrected chi connectivity index (χ3v) is 7.06. The van der Waals surface area contributed by atoms with Crippen molar-refractivity contribution in [1.82, 2.24) is 15.1 Å². The van der Waals surface area contributed by atoms with Crippen LogP contribution in [0.4, 0.5) is 4.39 Å². The highest BCUT2D eigenvalue weighted by atomic mass is 19.1. The number of ether oxygens (including phenoxy) is 1. The summed E-state index contributed by atoms with van der Waals surface area (Å²) in [6, 6.07) is 15.6. The number of benzene rings is 2. The SMILES string of the molecule is C=C(NC1CCN(CCc2ccc(OC)cc2)CC1)N(Cc1ccc(F)cc1)C1=CCCC=C1C. The number of methoxy groups -OCH3 is 1. The van der Waals surface area contributed by atoms with Crippen LogP contribution in [0.1, 0.15) is 43.7 Å². The Morgan fingerprint density at radius 1 is 1.03 bits per heavy atom. The fourth-order valence-electron chi connectivity index (χ4n) is 4.90. The molecule has 4 nitrogen and oxygen atoms in total. The number of piperidine rings is 1. The highest BCUT2D eigenvalue weighted by molar-refractivity contribution is 5.34. The Kier molecular flexibility index (Phi) is 8.64. The van der Waals surface area contributed by atoms with Gasteiger partial charge in [0.2, 0.25) is 0 Å². The molecular formula is C30H38FN3O. The molecule has 0 bridgehead atoms. The van der Waals surface area contributed by atoms with Gasteiger partial charge < -0.3 is 19.9 Å². The molecule has 0 amide bonds. The molecule has 1 aliphatic heterocycles. The van der Waals surface area contributed by atoms with Gasteiger partial charge in [-0.25, -0.2) is 4.39 Å². The normalized spacial score (nSPS) is 16.9. The maximum atomic E-state index is 13.4. The van der Waals surface area contributed by atoms with Crippen LogP contribution in [0.3, 0.4) is 0 Å². The molecule has 2 aromatic rings. The number of likely N-dealkylation sites (tertiary alicyclic amines) is 1. The molecular weight excluding hydrogens is 437 g/mol. The van der Waals surface area contributed by atoms with E-state index < -0.39 is 0 Å². The molecule has 0 atom stereocenters. The summed E-state index contributed by atoms with van der Waals surface area (Å²) in [5.74, 6) is 1.62. The first kappa shape index (κ1) is 25.1. The quantitative estimate of drug-likeness (QED) is 0.454. The first-order valence-electron chi connectivity index (χ1n) is 12.7. The molecule has 0 aromatic heterocycles. The van der Waals surface area contributed by atoms with E-state index in [-0.39, 0.29) is 5.82 Å². The average molecular weight is 476 g/mol. The van der Waals surface area contributed by atoms with Crippen molar-refractivity contribution in [3.8, 4) is 5.75 Å². The van der Waals surface area contributed by atoms with Crippen LogP contribution in [0.2, 0.25) is 0 Å². The zero-order chi connectivity index (χ0) is 24.6. The second-order valence-electron chi connectivity index (χ2n) is 9.57. The van der Waals surface area contributed by atoms with Gasteiger partial charge in [-0.1, -0.05) is 43.0 Å². The molecule has 0 spiro atoms. The molecule has 1 heterocycles. The summed E-state index contributed by atoms with van der Waals surface area (Å²) in [5, 5.41) is 3.72. The molecule has 35 heavy (non-hydrogen) atoms. The van der Waals surface area contributed by atoms with Crippen molar-refractivity contribution in [1.29, 1.82) is 0 Å². The van der Waals surface area contributed by atoms with Crippen molar-refractivity contribution in [3.05, 3.63) is 101 Å². The van der Waals surface area contributed by atoms with Crippen LogP contribution in [0.5, 0.6) is 5.75 Å². The molecule has 0 radical (unpaired) electrons. The number of halogens is 1. The van der Waals surface area contributed by atoms with Gasteiger partial charge in [-0.05, 0) is 80.0 Å². The molecule has 1 aliphatic carbocycles. The van der Waals surface area contributed by atoms with Gasteiger partial charge in [-0.3, -0.25) is 0 Å². The Balaban J connectivity index is 1.31. The zero-order valence-electron chi connectivity index (χ0n) is 21.1. The van der Waals surface area contributed by atoms with Crippen LogP contribution in [0.15, 0.2) is 84.4 Å². The van der Waals surface area contributed by atoms with Crippen molar-refractivity contribution in [3.63, 3.8) is 0 Å². The monoisotopic (exact) mass is 475 g/mol. The third-order valence-electron chi connectivity index (χ3n) is 7.06. The molecule has 2 aliphatic rings. The number of hydrogen-bond donors (Lipinski definition) is 1. The lowest BCUT2D eigenvalue weighted by Crippen LogP contribution is -2.45. The van der Waals surface area contributed by atoms with E-state index in [2.05, 4.69) is 52.9 Å². The van der Waals surface area contributed by atoms with Crippen LogP contribution in [0, 0.1) is 5.82 Å². The Morgan fingerprint density at radius 2 is 1.69 bits per heavy atom. The predicted molar refractivity (Wildman–Crippen MR) is 141 cm³/mol. The average Bonchev–Trinajstić information content (AvgIpc) is 2.89. The van der Waals surface area contributed by atoms with Gasteiger partial charge in [0.05, 0.1) is 12.9 Å². The molecule has 0 unspecified atom stereocenters. The van der Waals surface area contributed by atoms with Gasteiger partial charge in [-0.2, -0.15) is 0 Å². The zero-order valence-corrected chi connectivity index (χ0v) is 21.1. The van der Waals surface area contributed by atoms with Gasteiger partial charge in [0, 0.05) is 37.9 Å². The highest BCUT2D eigenvalue weighted by Crippen LogP contribution is 2.27. The third kappa shape index (κ3) is 6.98. The molecule has 1 N–H and O–H groups in total. The Bertz CT molecular complexity index is 1030. The summed E-state index contributed by atoms with van der Waals surface area (Å²) in [5.41, 5.74) is 4.90. The van der Waals surface area contributed by atoms with E-state index in [9.17, 15) is 4.39 Å². The fraction of sp³-hybridized carbons (Fsp3) is 0.400. The smallest absolute Gasteiger partial charge is 0.123 e. The van der Waals surface area contributed by atoms with E-state index >= 15 is 0 Å². The van der Waals surface area contributed by atoms with Crippen molar-refractivity contribution in [2.24, 2.45) is 0 Å². The van der Waals surface area contributed by atoms with Gasteiger partial charge in [-0.15, -0.1) is 0 Å². The Hall–Kier alpha value is -3.05. The van der Waals surface area contributed by atoms with Crippen molar-refractivity contribution >= 4 is 0 Å². The molecule has 1 saturated heterocycles. The minimum atomic E-state index is -0.205. The predicted octanol–water partition coefficient (Wildman–Crippen LogP) is 6.03. The van der Waals surface area contributed by atoms with Crippen molar-refractivity contribution < 1.29 is 9.13 Å². The summed E-state index contributed by atoms with van der Waals surface area (Å²) in [6.45, 7) is 10.5. The Labute approximate surface area is 209 Å². The van der Waals surface area contributed by atoms with E-state index in [1.807, 2.05) is 24.3 Å². The van der Waals surface area contributed by atoms with Crippen LogP contribution >= 0.6 is 0 Å². The lowest BCUT2D eigenvalue weighted by molar-refractivity contribution is 0.198. The summed E-state index contributed by atoms with van der Waals surface area (Å²) in [7, 11) is 1.70. The van der Waals surface area contributed by atoms with Crippen molar-refractivity contribution in [2.45, 2.75) is 51.6 Å². The molecule has 5 heteroatoms. The van der Waals surface area contributed by atoms with E-state index in [0.29, 0.717) is 12.6 Å². The molecule has 0 saturated carbocycles. The lowest BCUT2D eigenvalue weighted by atomic mass is 10.0. The summed E-state index contributed by atoms with van der Waals surface area (Å²) < 4.78 is 18.7. The molecule has 2 aromatic carbocycles. The standard InChI is InChI=1S/C30H38FN3O/c1-23-6-4-5-7-30(23)34(22-26-8-12-27(31)13-9-26)24(2)32-28-17-20-33(21-18-28)19-16-25-10-14-29(35-3)15-11-25/h6-15,28,32H,2,4-5,16-22H2,1,3H3. The fourth-order valence-corrected chi connectivity index (χ4v) is 4.90. The second kappa shape index (κ2) is 12.1. The minimum Gasteiger partial charge on any atom is -0.497 e. The summed E-state index contributed by atoms with van der Waals surface area (Å²) in [6.07, 6.45) is 9.95. The van der Waals surface area contributed by atoms with E-state index in [0.717, 1.165) is 68.9 Å². The number of nitrogens with zero attached hydrogens (tertiary/aromatic N) is 2. The van der Waals surface area contributed by atoms with Crippen LogP contribution < -0.4 is 10.1 Å². The highest BCUT2D eigenvalue weighted by Gasteiger charge is 2.23. The first-order valence-corrected chi connectivity index (χ1v) is 12.7. The number of nitrogens with one attached hydrogen (secondary N) is 1. The number of rotatable bonds is 10. The maximum Gasteiger partial charge on any atom is 0.123 e. The number of hydrogen-bond acceptors (Lipinski definition) is 4. The largest absolute Gasteiger partial charge is 0.497 e. The van der Waals surface area contributed by atoms with E-state index in [1.165, 1.54) is 29.0 Å². The van der Waals surface area contributed by atoms with Crippen LogP contribution in [-0.2, 0) is 13.0 Å². The van der Waals surface area contributed by atoms with Gasteiger partial charge in [0.15, 0.2) is 0 Å². The van der Waals surface area contributed by atoms with Crippen LogP contribution in [-0.4, -0.2) is 42.6 Å². The Morgan fingerprint density at radius 3 is 2.34 bits per heavy atom. The summed E-state index contributed by atoms with van der Waals surface area (Å²) >= 11 is 0. The maximum absolute atomic E-state index is 13.4. The lowest BCUT2D eigenvalue weighted by Gasteiger charge is -2.37. The number of allylic oxidation sites excluding steroid dienone is 3. The van der Waals surface area contributed by atoms with E-state index in [1.54, 1.807) is 7.11 Å². The van der Waals surface area contributed by atoms with Crippen molar-refractivity contribution in [2.75, 3.05) is 26.7 Å². The van der Waals surface area contributed by atoms with Crippen LogP contribution in [0.25, 0.3) is 0 Å². The van der Waals surface area contributed by atoms with E-state index in [4.69, 9.17) is 4.74 Å².